The predicted octanol–water partition coefficient (Wildman–Crippen LogP) is 5.79. The molecule has 2 heterocycles. The molecule has 152 valence electrons. The van der Waals surface area contributed by atoms with Crippen LogP contribution in [0.3, 0.4) is 0 Å². The van der Waals surface area contributed by atoms with E-state index in [1.165, 1.54) is 0 Å². The van der Waals surface area contributed by atoms with Gasteiger partial charge in [0.25, 0.3) is 0 Å². The third kappa shape index (κ3) is 2.87. The first-order valence-corrected chi connectivity index (χ1v) is 9.26. The fourth-order valence-electron chi connectivity index (χ4n) is 3.83. The molecular formula is C22H15F3N2O3. The van der Waals surface area contributed by atoms with Gasteiger partial charge < -0.3 is 13.8 Å². The minimum absolute atomic E-state index is 0.00951. The quantitative estimate of drug-likeness (QED) is 0.426. The van der Waals surface area contributed by atoms with Gasteiger partial charge in [0, 0.05) is 16.7 Å². The molecule has 2 aromatic carbocycles. The summed E-state index contributed by atoms with van der Waals surface area (Å²) in [6, 6.07) is 13.6. The highest BCUT2D eigenvalue weighted by Gasteiger charge is 2.43. The van der Waals surface area contributed by atoms with E-state index in [0.717, 1.165) is 11.1 Å². The number of alkyl halides is 3. The van der Waals surface area contributed by atoms with Crippen molar-refractivity contribution in [3.63, 3.8) is 0 Å². The Bertz CT molecular complexity index is 1230. The van der Waals surface area contributed by atoms with Crippen molar-refractivity contribution in [2.24, 2.45) is 0 Å². The van der Waals surface area contributed by atoms with E-state index in [9.17, 15) is 13.2 Å². The monoisotopic (exact) mass is 412 g/mol. The lowest BCUT2D eigenvalue weighted by Gasteiger charge is -2.16. The first-order valence-electron chi connectivity index (χ1n) is 9.26. The van der Waals surface area contributed by atoms with E-state index in [4.69, 9.17) is 13.8 Å². The van der Waals surface area contributed by atoms with Gasteiger partial charge in [-0.25, -0.2) is 0 Å². The fraction of sp³-hybridized carbons (Fsp3) is 0.182. The Labute approximate surface area is 169 Å². The van der Waals surface area contributed by atoms with Gasteiger partial charge in [-0.2, -0.15) is 13.2 Å². The van der Waals surface area contributed by atoms with Crippen molar-refractivity contribution in [2.45, 2.75) is 19.0 Å². The Morgan fingerprint density at radius 2 is 1.63 bits per heavy atom. The number of hydrogen-bond donors (Lipinski definition) is 0. The highest BCUT2D eigenvalue weighted by molar-refractivity contribution is 5.79. The topological polar surface area (TPSA) is 61.3 Å². The van der Waals surface area contributed by atoms with Crippen LogP contribution in [-0.2, 0) is 19.0 Å². The Morgan fingerprint density at radius 3 is 2.37 bits per heavy atom. The number of ether oxygens (including phenoxy) is 1. The van der Waals surface area contributed by atoms with E-state index < -0.39 is 11.7 Å². The lowest BCUT2D eigenvalue weighted by molar-refractivity contribution is -0.136. The van der Waals surface area contributed by atoms with Gasteiger partial charge in [-0.1, -0.05) is 40.6 Å². The lowest BCUT2D eigenvalue weighted by Crippen LogP contribution is -2.08. The molecule has 30 heavy (non-hydrogen) atoms. The van der Waals surface area contributed by atoms with Crippen molar-refractivity contribution in [3.05, 3.63) is 65.2 Å². The molecule has 2 aromatic heterocycles. The van der Waals surface area contributed by atoms with E-state index in [1.54, 1.807) is 43.5 Å². The first kappa shape index (κ1) is 18.5. The molecule has 0 spiro atoms. The zero-order valence-corrected chi connectivity index (χ0v) is 15.8. The number of fused-ring (bicyclic) bond motifs is 3. The first-order chi connectivity index (χ1) is 14.5. The molecule has 0 atom stereocenters. The van der Waals surface area contributed by atoms with Crippen molar-refractivity contribution in [3.8, 4) is 39.8 Å². The number of methoxy groups -OCH3 is 1. The maximum atomic E-state index is 14.0. The van der Waals surface area contributed by atoms with Gasteiger partial charge in [0.05, 0.1) is 7.11 Å². The molecule has 0 amide bonds. The highest BCUT2D eigenvalue weighted by Crippen LogP contribution is 2.46. The Balaban J connectivity index is 1.67. The molecule has 1 aliphatic carbocycles. The lowest BCUT2D eigenvalue weighted by atomic mass is 9.88. The Morgan fingerprint density at radius 1 is 0.900 bits per heavy atom. The summed E-state index contributed by atoms with van der Waals surface area (Å²) in [4.78, 5) is 0. The summed E-state index contributed by atoms with van der Waals surface area (Å²) in [6.07, 6.45) is -3.59. The van der Waals surface area contributed by atoms with Gasteiger partial charge in [0.15, 0.2) is 17.2 Å². The second-order valence-electron chi connectivity index (χ2n) is 6.96. The summed E-state index contributed by atoms with van der Waals surface area (Å²) in [5, 5.41) is 7.81. The minimum atomic E-state index is -4.68. The summed E-state index contributed by atoms with van der Waals surface area (Å²) < 4.78 is 57.8. The molecule has 0 fully saturated rings. The number of halogens is 3. The summed E-state index contributed by atoms with van der Waals surface area (Å²) in [7, 11) is 1.58. The highest BCUT2D eigenvalue weighted by atomic mass is 19.4. The van der Waals surface area contributed by atoms with E-state index in [2.05, 4.69) is 10.3 Å². The zero-order chi connectivity index (χ0) is 20.9. The number of hydrogen-bond acceptors (Lipinski definition) is 5. The number of nitrogens with zero attached hydrogens (tertiary/aromatic N) is 2. The number of aromatic nitrogens is 2. The van der Waals surface area contributed by atoms with Crippen LogP contribution in [0.15, 0.2) is 57.6 Å². The van der Waals surface area contributed by atoms with Crippen molar-refractivity contribution in [2.75, 3.05) is 7.11 Å². The van der Waals surface area contributed by atoms with Gasteiger partial charge in [0.2, 0.25) is 0 Å². The fourth-order valence-corrected chi connectivity index (χ4v) is 3.83. The number of rotatable bonds is 3. The third-order valence-electron chi connectivity index (χ3n) is 5.23. The van der Waals surface area contributed by atoms with Crippen LogP contribution in [0.5, 0.6) is 5.75 Å². The van der Waals surface area contributed by atoms with Crippen LogP contribution in [-0.4, -0.2) is 17.4 Å². The smallest absolute Gasteiger partial charge is 0.422 e. The predicted molar refractivity (Wildman–Crippen MR) is 102 cm³/mol. The number of aryl methyl sites for hydroxylation is 1. The van der Waals surface area contributed by atoms with Crippen molar-refractivity contribution < 1.29 is 27.0 Å². The summed E-state index contributed by atoms with van der Waals surface area (Å²) >= 11 is 0. The van der Waals surface area contributed by atoms with E-state index in [1.807, 2.05) is 12.1 Å². The molecule has 5 rings (SSSR count). The van der Waals surface area contributed by atoms with Gasteiger partial charge in [-0.15, -0.1) is 0 Å². The van der Waals surface area contributed by atoms with Crippen LogP contribution in [0.2, 0.25) is 0 Å². The molecule has 0 saturated carbocycles. The second kappa shape index (κ2) is 6.76. The van der Waals surface area contributed by atoms with Crippen LogP contribution in [0.25, 0.3) is 34.0 Å². The summed E-state index contributed by atoms with van der Waals surface area (Å²) in [5.74, 6) is 0.359. The average Bonchev–Trinajstić information content (AvgIpc) is 3.38. The number of benzene rings is 2. The SMILES string of the molecule is COc1ccc2c(c1)CCc1c-2noc1-c1noc(-c2ccccc2)c1C(F)(F)F. The molecule has 4 aromatic rings. The van der Waals surface area contributed by atoms with Crippen LogP contribution in [0.1, 0.15) is 16.7 Å². The molecule has 0 aliphatic heterocycles. The normalized spacial score (nSPS) is 13.1. The minimum Gasteiger partial charge on any atom is -0.497 e. The molecular weight excluding hydrogens is 397 g/mol. The molecule has 8 heteroatoms. The Kier molecular flexibility index (Phi) is 4.16. The van der Waals surface area contributed by atoms with Gasteiger partial charge >= 0.3 is 6.18 Å². The summed E-state index contributed by atoms with van der Waals surface area (Å²) in [5.41, 5.74) is 1.86. The van der Waals surface area contributed by atoms with Crippen LogP contribution in [0.4, 0.5) is 13.2 Å². The van der Waals surface area contributed by atoms with E-state index >= 15 is 0 Å². The molecule has 0 N–H and O–H groups in total. The maximum Gasteiger partial charge on any atom is 0.422 e. The largest absolute Gasteiger partial charge is 0.497 e. The van der Waals surface area contributed by atoms with Crippen LogP contribution < -0.4 is 4.74 Å². The van der Waals surface area contributed by atoms with Crippen LogP contribution >= 0.6 is 0 Å². The van der Waals surface area contributed by atoms with Crippen molar-refractivity contribution >= 4 is 0 Å². The molecule has 1 aliphatic rings. The zero-order valence-electron chi connectivity index (χ0n) is 15.8. The average molecular weight is 412 g/mol. The van der Waals surface area contributed by atoms with Crippen molar-refractivity contribution in [1.29, 1.82) is 0 Å². The second-order valence-corrected chi connectivity index (χ2v) is 6.96. The summed E-state index contributed by atoms with van der Waals surface area (Å²) in [6.45, 7) is 0. The van der Waals surface area contributed by atoms with Gasteiger partial charge in [-0.3, -0.25) is 0 Å². The third-order valence-corrected chi connectivity index (χ3v) is 5.23. The van der Waals surface area contributed by atoms with Crippen LogP contribution in [0, 0.1) is 0 Å². The molecule has 0 saturated heterocycles. The standard InChI is InChI=1S/C22H15F3N2O3/c1-28-14-8-10-15-13(11-14)7-9-16-18(15)26-30-21(16)19-17(22(23,24)25)20(29-27-19)12-5-3-2-4-6-12/h2-6,8,10-11H,7,9H2,1H3. The van der Waals surface area contributed by atoms with Crippen molar-refractivity contribution in [1.82, 2.24) is 10.3 Å². The molecule has 0 unspecified atom stereocenters. The molecule has 0 radical (unpaired) electrons. The van der Waals surface area contributed by atoms with Gasteiger partial charge in [0.1, 0.15) is 17.0 Å². The Hall–Kier alpha value is -3.55. The van der Waals surface area contributed by atoms with E-state index in [-0.39, 0.29) is 22.8 Å². The maximum absolute atomic E-state index is 14.0. The molecule has 0 bridgehead atoms. The van der Waals surface area contributed by atoms with Gasteiger partial charge in [-0.05, 0) is 36.6 Å². The van der Waals surface area contributed by atoms with E-state index in [0.29, 0.717) is 29.8 Å². The molecule has 5 nitrogen and oxygen atoms in total.